The van der Waals surface area contributed by atoms with Gasteiger partial charge in [-0.15, -0.1) is 4.40 Å². The minimum absolute atomic E-state index is 0.0158. The van der Waals surface area contributed by atoms with E-state index in [0.29, 0.717) is 10.9 Å². The van der Waals surface area contributed by atoms with E-state index in [2.05, 4.69) is 18.0 Å². The Balaban J connectivity index is 1.90. The molecule has 9 heteroatoms. The molecule has 7 nitrogen and oxygen atoms in total. The third kappa shape index (κ3) is 4.99. The average molecular weight is 475 g/mol. The van der Waals surface area contributed by atoms with Crippen LogP contribution in [0.4, 0.5) is 0 Å². The van der Waals surface area contributed by atoms with Crippen LogP contribution in [-0.4, -0.2) is 54.6 Å². The van der Waals surface area contributed by atoms with Gasteiger partial charge in [-0.2, -0.15) is 8.42 Å². The van der Waals surface area contributed by atoms with Crippen LogP contribution >= 0.6 is 0 Å². The van der Waals surface area contributed by atoms with E-state index in [0.717, 1.165) is 63.0 Å². The van der Waals surface area contributed by atoms with Crippen molar-refractivity contribution in [3.8, 4) is 0 Å². The summed E-state index contributed by atoms with van der Waals surface area (Å²) >= 11 is 0. The van der Waals surface area contributed by atoms with Crippen molar-refractivity contribution in [1.29, 1.82) is 0 Å². The first-order valence-electron chi connectivity index (χ1n) is 11.0. The van der Waals surface area contributed by atoms with Crippen LogP contribution in [0.1, 0.15) is 36.8 Å². The van der Waals surface area contributed by atoms with Crippen molar-refractivity contribution >= 4 is 25.9 Å². The van der Waals surface area contributed by atoms with Crippen molar-refractivity contribution in [3.63, 3.8) is 0 Å². The molecule has 0 radical (unpaired) electrons. The highest BCUT2D eigenvalue weighted by atomic mass is 32.3. The molecule has 1 unspecified atom stereocenters. The molecule has 0 saturated carbocycles. The van der Waals surface area contributed by atoms with Gasteiger partial charge in [0.2, 0.25) is 5.96 Å². The maximum absolute atomic E-state index is 14.3. The van der Waals surface area contributed by atoms with Gasteiger partial charge in [-0.3, -0.25) is 0 Å². The number of nitrogens with zero attached hydrogens (tertiary/aromatic N) is 4. The van der Waals surface area contributed by atoms with Crippen molar-refractivity contribution in [3.05, 3.63) is 59.7 Å². The number of hydrogen-bond acceptors (Lipinski definition) is 3. The predicted molar refractivity (Wildman–Crippen MR) is 127 cm³/mol. The molecular weight excluding hydrogens is 444 g/mol. The summed E-state index contributed by atoms with van der Waals surface area (Å²) in [5.74, 6) is 0.605. The summed E-state index contributed by atoms with van der Waals surface area (Å²) in [4.78, 5) is 4.55. The lowest BCUT2D eigenvalue weighted by Gasteiger charge is -2.28. The fourth-order valence-electron chi connectivity index (χ4n) is 3.97. The molecule has 2 saturated heterocycles. The zero-order valence-corrected chi connectivity index (χ0v) is 20.2. The fourth-order valence-corrected chi connectivity index (χ4v) is 7.39. The van der Waals surface area contributed by atoms with Crippen molar-refractivity contribution in [2.75, 3.05) is 26.2 Å². The molecule has 2 fully saturated rings. The second kappa shape index (κ2) is 9.23. The van der Waals surface area contributed by atoms with Gasteiger partial charge < -0.3 is 9.80 Å². The minimum Gasteiger partial charge on any atom is -0.342 e. The van der Waals surface area contributed by atoms with Gasteiger partial charge in [0.1, 0.15) is 0 Å². The quantitative estimate of drug-likeness (QED) is 0.494. The van der Waals surface area contributed by atoms with E-state index in [9.17, 15) is 12.6 Å². The number of rotatable bonds is 4. The number of guanidine groups is 1. The van der Waals surface area contributed by atoms with Crippen molar-refractivity contribution in [2.24, 2.45) is 8.17 Å². The van der Waals surface area contributed by atoms with Crippen LogP contribution in [0.3, 0.4) is 0 Å². The fraction of sp³-hybridized carbons (Fsp3) is 0.435. The van der Waals surface area contributed by atoms with Crippen LogP contribution in [0.15, 0.2) is 66.5 Å². The Hall–Kier alpha value is -2.39. The van der Waals surface area contributed by atoms with E-state index in [1.807, 2.05) is 26.0 Å². The molecule has 2 aromatic carbocycles. The summed E-state index contributed by atoms with van der Waals surface area (Å²) in [6, 6.07) is 13.4. The Morgan fingerprint density at radius 2 is 1.09 bits per heavy atom. The monoisotopic (exact) mass is 474 g/mol. The molecule has 0 aromatic heterocycles. The second-order valence-electron chi connectivity index (χ2n) is 8.45. The number of hydrogen-bond donors (Lipinski definition) is 0. The topological polar surface area (TPSA) is 82.4 Å². The number of benzene rings is 2. The van der Waals surface area contributed by atoms with Gasteiger partial charge in [-0.05, 0) is 63.8 Å². The van der Waals surface area contributed by atoms with Gasteiger partial charge >= 0.3 is 0 Å². The van der Waals surface area contributed by atoms with Gasteiger partial charge in [0.05, 0.1) is 9.79 Å². The van der Waals surface area contributed by atoms with Crippen molar-refractivity contribution < 1.29 is 12.6 Å². The van der Waals surface area contributed by atoms with Crippen LogP contribution in [-0.2, 0) is 19.9 Å². The molecule has 2 heterocycles. The van der Waals surface area contributed by atoms with E-state index >= 15 is 0 Å². The van der Waals surface area contributed by atoms with E-state index in [1.165, 1.54) is 12.1 Å². The van der Waals surface area contributed by atoms with Crippen molar-refractivity contribution in [2.45, 2.75) is 49.3 Å². The van der Waals surface area contributed by atoms with E-state index in [4.69, 9.17) is 0 Å². The standard InChI is InChI=1S/C23H30N4O3S2/c1-19-7-11-21(12-8-19)31(28,25-32(29,30)22-13-9-20(2)10-14-22)24-23(26-15-3-4-16-26)27-17-5-6-18-27/h7-14H,3-6,15-18H2,1-2H3. The minimum atomic E-state index is -4.18. The van der Waals surface area contributed by atoms with Gasteiger partial charge in [-0.25, -0.2) is 4.21 Å². The molecule has 0 N–H and O–H groups in total. The van der Waals surface area contributed by atoms with Crippen molar-refractivity contribution in [1.82, 2.24) is 9.80 Å². The van der Waals surface area contributed by atoms with Gasteiger partial charge in [0, 0.05) is 26.2 Å². The summed E-state index contributed by atoms with van der Waals surface area (Å²) in [5, 5.41) is 0. The SMILES string of the molecule is Cc1ccc(S(=O)(=O)N=S(=O)(N=C(N2CCCC2)N2CCCC2)c2ccc(C)cc2)cc1. The lowest BCUT2D eigenvalue weighted by Crippen LogP contribution is -2.42. The highest BCUT2D eigenvalue weighted by molar-refractivity contribution is 8.02. The molecule has 4 rings (SSSR count). The third-order valence-electron chi connectivity index (χ3n) is 5.83. The number of aryl methyl sites for hydroxylation is 2. The Morgan fingerprint density at radius 3 is 1.53 bits per heavy atom. The van der Waals surface area contributed by atoms with E-state index in [-0.39, 0.29) is 4.90 Å². The summed E-state index contributed by atoms with van der Waals surface area (Å²) in [5.41, 5.74) is 1.92. The first-order valence-corrected chi connectivity index (χ1v) is 13.9. The molecule has 172 valence electrons. The second-order valence-corrected chi connectivity index (χ2v) is 12.1. The van der Waals surface area contributed by atoms with E-state index < -0.39 is 19.9 Å². The normalized spacial score (nSPS) is 18.4. The van der Waals surface area contributed by atoms with Crippen LogP contribution in [0, 0.1) is 13.8 Å². The lowest BCUT2D eigenvalue weighted by molar-refractivity contribution is 0.396. The Bertz CT molecular complexity index is 1180. The van der Waals surface area contributed by atoms with Crippen LogP contribution in [0.2, 0.25) is 0 Å². The Morgan fingerprint density at radius 1 is 0.688 bits per heavy atom. The van der Waals surface area contributed by atoms with Crippen LogP contribution in [0.25, 0.3) is 0 Å². The first-order chi connectivity index (χ1) is 15.3. The number of sulfonamides is 1. The van der Waals surface area contributed by atoms with E-state index in [1.54, 1.807) is 24.3 Å². The molecular formula is C23H30N4O3S2. The smallest absolute Gasteiger partial charge is 0.291 e. The molecule has 0 aliphatic carbocycles. The number of likely N-dealkylation sites (tertiary alicyclic amines) is 2. The molecule has 2 aliphatic heterocycles. The highest BCUT2D eigenvalue weighted by Crippen LogP contribution is 2.25. The zero-order valence-electron chi connectivity index (χ0n) is 18.6. The molecule has 0 bridgehead atoms. The zero-order chi connectivity index (χ0) is 22.8. The summed E-state index contributed by atoms with van der Waals surface area (Å²) in [6.45, 7) is 7.10. The maximum atomic E-state index is 14.3. The molecule has 2 aliphatic rings. The lowest BCUT2D eigenvalue weighted by atomic mass is 10.2. The van der Waals surface area contributed by atoms with Gasteiger partial charge in [0.15, 0.2) is 9.92 Å². The largest absolute Gasteiger partial charge is 0.342 e. The van der Waals surface area contributed by atoms with Gasteiger partial charge in [-0.1, -0.05) is 39.2 Å². The molecule has 0 spiro atoms. The summed E-state index contributed by atoms with van der Waals surface area (Å²) in [7, 11) is -7.81. The highest BCUT2D eigenvalue weighted by Gasteiger charge is 2.28. The van der Waals surface area contributed by atoms with Gasteiger partial charge in [0.25, 0.3) is 10.0 Å². The predicted octanol–water partition coefficient (Wildman–Crippen LogP) is 3.98. The average Bonchev–Trinajstić information content (AvgIpc) is 3.47. The summed E-state index contributed by atoms with van der Waals surface area (Å²) in [6.07, 6.45) is 4.16. The molecule has 1 atom stereocenters. The first kappa shape index (κ1) is 22.8. The summed E-state index contributed by atoms with van der Waals surface area (Å²) < 4.78 is 49.3. The van der Waals surface area contributed by atoms with Crippen LogP contribution in [0.5, 0.6) is 0 Å². The maximum Gasteiger partial charge on any atom is 0.291 e. The molecule has 32 heavy (non-hydrogen) atoms. The Labute approximate surface area is 191 Å². The Kier molecular flexibility index (Phi) is 6.57. The third-order valence-corrected chi connectivity index (χ3v) is 9.59. The van der Waals surface area contributed by atoms with Crippen LogP contribution < -0.4 is 0 Å². The molecule has 0 amide bonds. The molecule has 2 aromatic rings.